The van der Waals surface area contributed by atoms with Crippen LogP contribution in [-0.4, -0.2) is 13.2 Å². The second kappa shape index (κ2) is 6.83. The zero-order valence-electron chi connectivity index (χ0n) is 12.5. The first-order valence-electron chi connectivity index (χ1n) is 6.83. The van der Waals surface area contributed by atoms with Gasteiger partial charge in [-0.05, 0) is 49.2 Å². The number of benzene rings is 2. The maximum atomic E-state index is 6.20. The molecular formula is C17H20ClNO2. The average molecular weight is 306 g/mol. The monoisotopic (exact) mass is 305 g/mol. The third-order valence-electron chi connectivity index (χ3n) is 3.24. The molecule has 0 radical (unpaired) electrons. The van der Waals surface area contributed by atoms with Crippen molar-refractivity contribution < 1.29 is 9.47 Å². The molecule has 0 aliphatic rings. The van der Waals surface area contributed by atoms with E-state index in [0.29, 0.717) is 10.8 Å². The van der Waals surface area contributed by atoms with Crippen molar-refractivity contribution in [1.29, 1.82) is 0 Å². The summed E-state index contributed by atoms with van der Waals surface area (Å²) in [7, 11) is 1.64. The van der Waals surface area contributed by atoms with Gasteiger partial charge in [0.05, 0.1) is 12.1 Å². The van der Waals surface area contributed by atoms with E-state index in [2.05, 4.69) is 0 Å². The maximum Gasteiger partial charge on any atom is 0.139 e. The lowest BCUT2D eigenvalue weighted by Gasteiger charge is -2.24. The van der Waals surface area contributed by atoms with Crippen molar-refractivity contribution in [1.82, 2.24) is 0 Å². The van der Waals surface area contributed by atoms with Crippen LogP contribution in [0.3, 0.4) is 0 Å². The minimum atomic E-state index is -0.292. The molecule has 0 amide bonds. The van der Waals surface area contributed by atoms with E-state index in [1.807, 2.05) is 56.3 Å². The fraction of sp³-hybridized carbons (Fsp3) is 0.294. The summed E-state index contributed by atoms with van der Waals surface area (Å²) in [6.45, 7) is 3.91. The number of methoxy groups -OCH3 is 1. The van der Waals surface area contributed by atoms with Crippen LogP contribution in [0.25, 0.3) is 0 Å². The number of hydrogen-bond donors (Lipinski definition) is 1. The van der Waals surface area contributed by atoms with Gasteiger partial charge in [-0.25, -0.2) is 0 Å². The fourth-order valence-electron chi connectivity index (χ4n) is 2.14. The highest BCUT2D eigenvalue weighted by Gasteiger charge is 2.20. The summed E-state index contributed by atoms with van der Waals surface area (Å²) in [6, 6.07) is 13.2. The molecule has 0 bridgehead atoms. The quantitative estimate of drug-likeness (QED) is 0.903. The summed E-state index contributed by atoms with van der Waals surface area (Å²) in [5, 5.41) is 0.578. The van der Waals surface area contributed by atoms with E-state index in [-0.39, 0.29) is 12.1 Å². The number of nitrogens with two attached hydrogens (primary N) is 1. The Hall–Kier alpha value is -1.71. The number of ether oxygens (including phenoxy) is 2. The number of rotatable bonds is 5. The molecule has 2 aromatic carbocycles. The molecule has 2 atom stereocenters. The largest absolute Gasteiger partial charge is 0.497 e. The van der Waals surface area contributed by atoms with E-state index >= 15 is 0 Å². The number of hydrogen-bond acceptors (Lipinski definition) is 3. The Morgan fingerprint density at radius 3 is 2.57 bits per heavy atom. The molecule has 0 aromatic heterocycles. The summed E-state index contributed by atoms with van der Waals surface area (Å²) >= 11 is 6.20. The van der Waals surface area contributed by atoms with E-state index in [4.69, 9.17) is 26.8 Å². The first-order chi connectivity index (χ1) is 10.0. The van der Waals surface area contributed by atoms with Crippen LogP contribution in [0.2, 0.25) is 5.02 Å². The predicted octanol–water partition coefficient (Wildman–Crippen LogP) is 4.12. The lowest BCUT2D eigenvalue weighted by Crippen LogP contribution is -2.29. The molecule has 0 saturated heterocycles. The van der Waals surface area contributed by atoms with Crippen molar-refractivity contribution in [2.24, 2.45) is 5.73 Å². The predicted molar refractivity (Wildman–Crippen MR) is 86.2 cm³/mol. The van der Waals surface area contributed by atoms with Crippen molar-refractivity contribution in [2.45, 2.75) is 26.0 Å². The van der Waals surface area contributed by atoms with E-state index < -0.39 is 0 Å². The Kier molecular flexibility index (Phi) is 5.10. The summed E-state index contributed by atoms with van der Waals surface area (Å²) in [6.07, 6.45) is -0.292. The minimum Gasteiger partial charge on any atom is -0.497 e. The molecule has 0 aliphatic carbocycles. The van der Waals surface area contributed by atoms with Gasteiger partial charge in [-0.15, -0.1) is 0 Å². The van der Waals surface area contributed by atoms with Crippen LogP contribution in [0.1, 0.15) is 24.2 Å². The molecule has 112 valence electrons. The van der Waals surface area contributed by atoms with Crippen LogP contribution >= 0.6 is 11.6 Å². The average Bonchev–Trinajstić information content (AvgIpc) is 2.47. The fourth-order valence-corrected chi connectivity index (χ4v) is 2.30. The van der Waals surface area contributed by atoms with Gasteiger partial charge in [0.15, 0.2) is 0 Å². The highest BCUT2D eigenvalue weighted by Crippen LogP contribution is 2.32. The van der Waals surface area contributed by atoms with Gasteiger partial charge in [-0.3, -0.25) is 0 Å². The Bertz CT molecular complexity index is 613. The van der Waals surface area contributed by atoms with Crippen LogP contribution in [-0.2, 0) is 0 Å². The maximum absolute atomic E-state index is 6.20. The summed E-state index contributed by atoms with van der Waals surface area (Å²) < 4.78 is 11.3. The van der Waals surface area contributed by atoms with Crippen LogP contribution in [0.4, 0.5) is 0 Å². The van der Waals surface area contributed by atoms with Crippen molar-refractivity contribution in [2.75, 3.05) is 7.11 Å². The zero-order valence-corrected chi connectivity index (χ0v) is 13.2. The van der Waals surface area contributed by atoms with Crippen LogP contribution in [0.15, 0.2) is 42.5 Å². The Labute approximate surface area is 130 Å². The minimum absolute atomic E-state index is 0.186. The smallest absolute Gasteiger partial charge is 0.139 e. The van der Waals surface area contributed by atoms with Gasteiger partial charge in [0.1, 0.15) is 17.6 Å². The first kappa shape index (κ1) is 15.7. The molecule has 0 spiro atoms. The second-order valence-electron chi connectivity index (χ2n) is 5.11. The Morgan fingerprint density at radius 1 is 1.14 bits per heavy atom. The van der Waals surface area contributed by atoms with Gasteiger partial charge >= 0.3 is 0 Å². The van der Waals surface area contributed by atoms with Crippen molar-refractivity contribution in [3.05, 3.63) is 58.6 Å². The van der Waals surface area contributed by atoms with Gasteiger partial charge in [0.25, 0.3) is 0 Å². The molecule has 0 fully saturated rings. The number of aryl methyl sites for hydroxylation is 1. The first-order valence-corrected chi connectivity index (χ1v) is 7.21. The summed E-state index contributed by atoms with van der Waals surface area (Å²) in [4.78, 5) is 0. The normalized spacial score (nSPS) is 13.6. The van der Waals surface area contributed by atoms with Gasteiger partial charge < -0.3 is 15.2 Å². The topological polar surface area (TPSA) is 44.5 Å². The lowest BCUT2D eigenvalue weighted by molar-refractivity contribution is 0.180. The Morgan fingerprint density at radius 2 is 1.90 bits per heavy atom. The zero-order chi connectivity index (χ0) is 15.4. The highest BCUT2D eigenvalue weighted by atomic mass is 35.5. The third kappa shape index (κ3) is 3.90. The molecule has 3 nitrogen and oxygen atoms in total. The van der Waals surface area contributed by atoms with Gasteiger partial charge in [-0.2, -0.15) is 0 Å². The van der Waals surface area contributed by atoms with Crippen molar-refractivity contribution >= 4 is 11.6 Å². The molecule has 2 unspecified atom stereocenters. The molecule has 4 heteroatoms. The molecule has 2 aromatic rings. The van der Waals surface area contributed by atoms with Crippen molar-refractivity contribution in [3.63, 3.8) is 0 Å². The third-order valence-corrected chi connectivity index (χ3v) is 3.55. The number of halogens is 1. The van der Waals surface area contributed by atoms with Crippen molar-refractivity contribution in [3.8, 4) is 11.5 Å². The molecule has 0 heterocycles. The summed E-state index contributed by atoms with van der Waals surface area (Å²) in [5.41, 5.74) is 8.13. The highest BCUT2D eigenvalue weighted by molar-refractivity contribution is 6.32. The van der Waals surface area contributed by atoms with Gasteiger partial charge in [0.2, 0.25) is 0 Å². The van der Waals surface area contributed by atoms with Gasteiger partial charge in [-0.1, -0.05) is 29.8 Å². The molecule has 0 saturated carbocycles. The summed E-state index contributed by atoms with van der Waals surface area (Å²) in [5.74, 6) is 1.42. The van der Waals surface area contributed by atoms with Crippen LogP contribution in [0.5, 0.6) is 11.5 Å². The standard InChI is InChI=1S/C17H20ClNO2/c1-11-7-8-15(18)16(9-11)21-17(12(2)19)13-5-4-6-14(10-13)20-3/h4-10,12,17H,19H2,1-3H3. The molecule has 21 heavy (non-hydrogen) atoms. The SMILES string of the molecule is COc1cccc(C(Oc2cc(C)ccc2Cl)C(C)N)c1. The second-order valence-corrected chi connectivity index (χ2v) is 5.52. The van der Waals surface area contributed by atoms with Crippen LogP contribution in [0, 0.1) is 6.92 Å². The van der Waals surface area contributed by atoms with Crippen LogP contribution < -0.4 is 15.2 Å². The lowest BCUT2D eigenvalue weighted by atomic mass is 10.0. The molecule has 2 rings (SSSR count). The Balaban J connectivity index is 2.33. The molecule has 0 aliphatic heterocycles. The molecular weight excluding hydrogens is 286 g/mol. The van der Waals surface area contributed by atoms with E-state index in [9.17, 15) is 0 Å². The van der Waals surface area contributed by atoms with E-state index in [0.717, 1.165) is 16.9 Å². The van der Waals surface area contributed by atoms with E-state index in [1.165, 1.54) is 0 Å². The molecule has 2 N–H and O–H groups in total. The van der Waals surface area contributed by atoms with Gasteiger partial charge in [0, 0.05) is 6.04 Å². The van der Waals surface area contributed by atoms with E-state index in [1.54, 1.807) is 7.11 Å².